The number of pyridine rings is 1. The summed E-state index contributed by atoms with van der Waals surface area (Å²) in [6.07, 6.45) is 1.82. The molecule has 0 bridgehead atoms. The van der Waals surface area contributed by atoms with Gasteiger partial charge in [-0.15, -0.1) is 0 Å². The second kappa shape index (κ2) is 9.60. The third-order valence-corrected chi connectivity index (χ3v) is 7.52. The molecule has 3 heterocycles. The van der Waals surface area contributed by atoms with Gasteiger partial charge in [0.1, 0.15) is 5.75 Å². The number of benzene rings is 2. The summed E-state index contributed by atoms with van der Waals surface area (Å²) in [4.78, 5) is 6.83. The first kappa shape index (κ1) is 24.3. The Morgan fingerprint density at radius 1 is 1.00 bits per heavy atom. The lowest BCUT2D eigenvalue weighted by Crippen LogP contribution is -2.29. The number of nitrogens with zero attached hydrogens (tertiary/aromatic N) is 3. The van der Waals surface area contributed by atoms with E-state index in [9.17, 15) is 0 Å². The van der Waals surface area contributed by atoms with E-state index >= 15 is 0 Å². The summed E-state index contributed by atoms with van der Waals surface area (Å²) in [5.74, 6) is 0.629. The standard InChI is InChI=1S/C29H29ClN4OS/c1-17-9-10-18(2)25(14-17)33-19(3)15-22(20(33)4)28-27(24-8-6-7-13-31-24)32-29(36)34(28)21-11-12-26(35-5)23(30)16-21/h6-16,27-28H,1-5H3,(H,32,36)/t27-,28-/m1/s1. The molecule has 1 saturated heterocycles. The molecule has 2 aromatic heterocycles. The van der Waals surface area contributed by atoms with E-state index in [2.05, 4.69) is 71.7 Å². The molecule has 184 valence electrons. The molecule has 7 heteroatoms. The number of ether oxygens (including phenoxy) is 1. The van der Waals surface area contributed by atoms with Crippen molar-refractivity contribution < 1.29 is 4.74 Å². The van der Waals surface area contributed by atoms with Gasteiger partial charge in [-0.1, -0.05) is 29.8 Å². The summed E-state index contributed by atoms with van der Waals surface area (Å²) in [5.41, 5.74) is 9.01. The highest BCUT2D eigenvalue weighted by molar-refractivity contribution is 7.80. The van der Waals surface area contributed by atoms with Crippen LogP contribution >= 0.6 is 23.8 Å². The van der Waals surface area contributed by atoms with Gasteiger partial charge in [0, 0.05) is 29.0 Å². The van der Waals surface area contributed by atoms with E-state index in [1.54, 1.807) is 7.11 Å². The third kappa shape index (κ3) is 4.14. The molecular weight excluding hydrogens is 488 g/mol. The molecule has 5 rings (SSSR count). The number of methoxy groups -OCH3 is 1. The smallest absolute Gasteiger partial charge is 0.174 e. The van der Waals surface area contributed by atoms with Crippen molar-refractivity contribution in [1.82, 2.24) is 14.9 Å². The second-order valence-electron chi connectivity index (χ2n) is 9.27. The first-order valence-corrected chi connectivity index (χ1v) is 12.7. The zero-order valence-corrected chi connectivity index (χ0v) is 22.6. The van der Waals surface area contributed by atoms with Gasteiger partial charge < -0.3 is 19.5 Å². The fraction of sp³-hybridized carbons (Fsp3) is 0.241. The third-order valence-electron chi connectivity index (χ3n) is 6.91. The Morgan fingerprint density at radius 2 is 1.81 bits per heavy atom. The van der Waals surface area contributed by atoms with Gasteiger partial charge in [-0.3, -0.25) is 4.98 Å². The molecule has 0 aliphatic carbocycles. The van der Waals surface area contributed by atoms with Crippen molar-refractivity contribution >= 4 is 34.6 Å². The van der Waals surface area contributed by atoms with Crippen molar-refractivity contribution in [2.75, 3.05) is 12.0 Å². The number of hydrogen-bond donors (Lipinski definition) is 1. The molecule has 36 heavy (non-hydrogen) atoms. The number of thiocarbonyl (C=S) groups is 1. The van der Waals surface area contributed by atoms with Crippen molar-refractivity contribution in [3.05, 3.63) is 106 Å². The van der Waals surface area contributed by atoms with Crippen molar-refractivity contribution in [2.45, 2.75) is 39.8 Å². The van der Waals surface area contributed by atoms with Crippen molar-refractivity contribution in [2.24, 2.45) is 0 Å². The van der Waals surface area contributed by atoms with Crippen molar-refractivity contribution in [3.8, 4) is 11.4 Å². The Hall–Kier alpha value is -3.35. The van der Waals surface area contributed by atoms with Gasteiger partial charge in [0.05, 0.1) is 29.9 Å². The molecule has 2 aromatic carbocycles. The van der Waals surface area contributed by atoms with E-state index in [-0.39, 0.29) is 12.1 Å². The zero-order valence-electron chi connectivity index (χ0n) is 21.0. The van der Waals surface area contributed by atoms with Crippen LogP contribution in [0.5, 0.6) is 5.75 Å². The maximum atomic E-state index is 6.54. The molecule has 2 atom stereocenters. The Balaban J connectivity index is 1.70. The van der Waals surface area contributed by atoms with Gasteiger partial charge in [-0.25, -0.2) is 0 Å². The molecular formula is C29H29ClN4OS. The summed E-state index contributed by atoms with van der Waals surface area (Å²) in [5, 5.41) is 4.72. The number of rotatable bonds is 5. The van der Waals surface area contributed by atoms with E-state index in [0.717, 1.165) is 11.4 Å². The Kier molecular flexibility index (Phi) is 6.49. The van der Waals surface area contributed by atoms with Gasteiger partial charge in [-0.05, 0) is 99.1 Å². The molecule has 1 N–H and O–H groups in total. The highest BCUT2D eigenvalue weighted by Gasteiger charge is 2.42. The van der Waals surface area contributed by atoms with Crippen molar-refractivity contribution in [1.29, 1.82) is 0 Å². The quantitative estimate of drug-likeness (QED) is 0.291. The van der Waals surface area contributed by atoms with Crippen molar-refractivity contribution in [3.63, 3.8) is 0 Å². The molecule has 0 amide bonds. The fourth-order valence-corrected chi connectivity index (χ4v) is 5.77. The van der Waals surface area contributed by atoms with E-state index in [4.69, 9.17) is 28.6 Å². The predicted octanol–water partition coefficient (Wildman–Crippen LogP) is 6.95. The van der Waals surface area contributed by atoms with Crippen LogP contribution in [0.25, 0.3) is 5.69 Å². The minimum atomic E-state index is -0.132. The van der Waals surface area contributed by atoms with Crippen LogP contribution in [-0.4, -0.2) is 21.8 Å². The molecule has 1 fully saturated rings. The number of halogens is 1. The van der Waals surface area contributed by atoms with Gasteiger partial charge in [-0.2, -0.15) is 0 Å². The fourth-order valence-electron chi connectivity index (χ4n) is 5.17. The normalized spacial score (nSPS) is 17.4. The van der Waals surface area contributed by atoms with Crippen LogP contribution in [0.2, 0.25) is 5.02 Å². The SMILES string of the molecule is COc1ccc(N2C(=S)N[C@H](c3ccccn3)[C@H]2c2cc(C)n(-c3cc(C)ccc3C)c2C)cc1Cl. The van der Waals surface area contributed by atoms with Gasteiger partial charge in [0.15, 0.2) is 5.11 Å². The maximum absolute atomic E-state index is 6.54. The van der Waals surface area contributed by atoms with Crippen LogP contribution < -0.4 is 15.0 Å². The van der Waals surface area contributed by atoms with E-state index in [1.165, 1.54) is 33.8 Å². The van der Waals surface area contributed by atoms with Crippen LogP contribution in [0.15, 0.2) is 66.9 Å². The molecule has 0 saturated carbocycles. The Labute approximate surface area is 222 Å². The van der Waals surface area contributed by atoms with Crippen LogP contribution in [0.4, 0.5) is 5.69 Å². The second-order valence-corrected chi connectivity index (χ2v) is 10.1. The van der Waals surface area contributed by atoms with E-state index in [0.29, 0.717) is 15.9 Å². The van der Waals surface area contributed by atoms with E-state index in [1.807, 2.05) is 42.6 Å². The van der Waals surface area contributed by atoms with Gasteiger partial charge >= 0.3 is 0 Å². The molecule has 1 aliphatic rings. The molecule has 0 spiro atoms. The topological polar surface area (TPSA) is 42.3 Å². The largest absolute Gasteiger partial charge is 0.495 e. The average Bonchev–Trinajstić information content (AvgIpc) is 3.36. The Bertz CT molecular complexity index is 1450. The molecule has 5 nitrogen and oxygen atoms in total. The summed E-state index contributed by atoms with van der Waals surface area (Å²) in [6.45, 7) is 8.62. The van der Waals surface area contributed by atoms with Crippen LogP contribution in [0.3, 0.4) is 0 Å². The summed E-state index contributed by atoms with van der Waals surface area (Å²) in [7, 11) is 1.62. The minimum Gasteiger partial charge on any atom is -0.495 e. The summed E-state index contributed by atoms with van der Waals surface area (Å²) < 4.78 is 7.73. The number of nitrogens with one attached hydrogen (secondary N) is 1. The van der Waals surface area contributed by atoms with Gasteiger partial charge in [0.2, 0.25) is 0 Å². The first-order chi connectivity index (χ1) is 17.3. The summed E-state index contributed by atoms with van der Waals surface area (Å²) in [6, 6.07) is 20.4. The number of anilines is 1. The lowest BCUT2D eigenvalue weighted by molar-refractivity contribution is 0.415. The maximum Gasteiger partial charge on any atom is 0.174 e. The predicted molar refractivity (Wildman–Crippen MR) is 151 cm³/mol. The molecule has 0 unspecified atom stereocenters. The van der Waals surface area contributed by atoms with Crippen LogP contribution in [0, 0.1) is 27.7 Å². The molecule has 0 radical (unpaired) electrons. The number of aryl methyl sites for hydroxylation is 3. The highest BCUT2D eigenvalue weighted by atomic mass is 35.5. The zero-order chi connectivity index (χ0) is 25.6. The molecule has 1 aliphatic heterocycles. The number of aromatic nitrogens is 2. The average molecular weight is 517 g/mol. The van der Waals surface area contributed by atoms with Crippen LogP contribution in [-0.2, 0) is 0 Å². The van der Waals surface area contributed by atoms with Gasteiger partial charge in [0.25, 0.3) is 0 Å². The lowest BCUT2D eigenvalue weighted by atomic mass is 9.96. The monoisotopic (exact) mass is 516 g/mol. The van der Waals surface area contributed by atoms with Crippen LogP contribution in [0.1, 0.15) is 45.9 Å². The highest BCUT2D eigenvalue weighted by Crippen LogP contribution is 2.45. The van der Waals surface area contributed by atoms with E-state index < -0.39 is 0 Å². The first-order valence-electron chi connectivity index (χ1n) is 11.9. The Morgan fingerprint density at radius 3 is 2.50 bits per heavy atom. The summed E-state index contributed by atoms with van der Waals surface area (Å²) >= 11 is 12.4. The lowest BCUT2D eigenvalue weighted by Gasteiger charge is -2.28. The number of hydrogen-bond acceptors (Lipinski definition) is 3. The molecule has 4 aromatic rings. The minimum absolute atomic E-state index is 0.123.